The Morgan fingerprint density at radius 3 is 2.53 bits per heavy atom. The van der Waals surface area contributed by atoms with Crippen LogP contribution >= 0.6 is 0 Å². The topological polar surface area (TPSA) is 50.4 Å². The average Bonchev–Trinajstić information content (AvgIpc) is 2.84. The molecule has 0 aromatic heterocycles. The van der Waals surface area contributed by atoms with E-state index in [4.69, 9.17) is 4.74 Å². The Bertz CT molecular complexity index is 346. The number of carbonyl (C=O) groups is 1. The predicted molar refractivity (Wildman–Crippen MR) is 75.9 cm³/mol. The van der Waals surface area contributed by atoms with Crippen LogP contribution in [0, 0.1) is 16.7 Å². The van der Waals surface area contributed by atoms with Crippen molar-refractivity contribution in [3.63, 3.8) is 0 Å². The maximum atomic E-state index is 12.7. The highest BCUT2D eigenvalue weighted by molar-refractivity contribution is 5.84. The normalized spacial score (nSPS) is 37.2. The molecule has 1 heterocycles. The molecule has 1 saturated carbocycles. The fourth-order valence-corrected chi connectivity index (χ4v) is 3.49. The van der Waals surface area contributed by atoms with Gasteiger partial charge in [0.05, 0.1) is 11.5 Å². The van der Waals surface area contributed by atoms with E-state index in [-0.39, 0.29) is 28.9 Å². The lowest BCUT2D eigenvalue weighted by Crippen LogP contribution is -2.64. The van der Waals surface area contributed by atoms with Gasteiger partial charge >= 0.3 is 0 Å². The Hall–Kier alpha value is -0.610. The fraction of sp³-hybridized carbons (Fsp3) is 0.933. The first-order valence-corrected chi connectivity index (χ1v) is 7.39. The van der Waals surface area contributed by atoms with Crippen molar-refractivity contribution in [1.82, 2.24) is 10.6 Å². The first-order chi connectivity index (χ1) is 8.84. The van der Waals surface area contributed by atoms with E-state index in [9.17, 15) is 4.79 Å². The molecule has 110 valence electrons. The zero-order valence-corrected chi connectivity index (χ0v) is 12.9. The van der Waals surface area contributed by atoms with Gasteiger partial charge in [0.2, 0.25) is 5.91 Å². The van der Waals surface area contributed by atoms with Crippen LogP contribution in [0.15, 0.2) is 0 Å². The second kappa shape index (κ2) is 5.06. The van der Waals surface area contributed by atoms with Gasteiger partial charge in [0.1, 0.15) is 0 Å². The number of methoxy groups -OCH3 is 1. The molecule has 2 fully saturated rings. The van der Waals surface area contributed by atoms with Crippen molar-refractivity contribution in [2.45, 2.75) is 52.7 Å². The Morgan fingerprint density at radius 2 is 2.11 bits per heavy atom. The molecule has 1 aliphatic heterocycles. The number of ether oxygens (including phenoxy) is 1. The molecule has 1 saturated heterocycles. The van der Waals surface area contributed by atoms with Crippen LogP contribution in [0.1, 0.15) is 40.5 Å². The summed E-state index contributed by atoms with van der Waals surface area (Å²) in [7, 11) is 1.75. The van der Waals surface area contributed by atoms with E-state index in [2.05, 4.69) is 38.3 Å². The van der Waals surface area contributed by atoms with Crippen molar-refractivity contribution in [2.24, 2.45) is 16.7 Å². The van der Waals surface area contributed by atoms with Gasteiger partial charge in [-0.05, 0) is 25.3 Å². The van der Waals surface area contributed by atoms with Gasteiger partial charge in [-0.2, -0.15) is 0 Å². The Balaban J connectivity index is 2.02. The molecule has 0 spiro atoms. The summed E-state index contributed by atoms with van der Waals surface area (Å²) in [5, 5.41) is 6.62. The van der Waals surface area contributed by atoms with Crippen LogP contribution in [-0.4, -0.2) is 38.3 Å². The molecule has 2 rings (SSSR count). The number of nitrogens with one attached hydrogen (secondary N) is 2. The van der Waals surface area contributed by atoms with Gasteiger partial charge in [-0.1, -0.05) is 27.7 Å². The molecule has 0 aromatic rings. The quantitative estimate of drug-likeness (QED) is 0.813. The van der Waals surface area contributed by atoms with Gasteiger partial charge in [0.25, 0.3) is 0 Å². The Kier molecular flexibility index (Phi) is 3.94. The molecule has 3 atom stereocenters. The monoisotopic (exact) mass is 268 g/mol. The van der Waals surface area contributed by atoms with E-state index < -0.39 is 0 Å². The van der Waals surface area contributed by atoms with Crippen molar-refractivity contribution in [3.05, 3.63) is 0 Å². The lowest BCUT2D eigenvalue weighted by Gasteiger charge is -2.52. The van der Waals surface area contributed by atoms with Crippen molar-refractivity contribution >= 4 is 5.91 Å². The molecule has 2 N–H and O–H groups in total. The SMILES string of the molecule is COC1CC(NC(=O)C2(C(C)C)CCNC2)C1(C)C. The molecule has 4 nitrogen and oxygen atoms in total. The predicted octanol–water partition coefficient (Wildman–Crippen LogP) is 1.55. The van der Waals surface area contributed by atoms with Crippen molar-refractivity contribution in [1.29, 1.82) is 0 Å². The zero-order chi connectivity index (χ0) is 14.3. The molecule has 19 heavy (non-hydrogen) atoms. The molecule has 2 aliphatic rings. The van der Waals surface area contributed by atoms with Crippen LogP contribution in [0.2, 0.25) is 0 Å². The van der Waals surface area contributed by atoms with Crippen molar-refractivity contribution in [3.8, 4) is 0 Å². The maximum Gasteiger partial charge on any atom is 0.228 e. The van der Waals surface area contributed by atoms with E-state index in [1.165, 1.54) is 0 Å². The van der Waals surface area contributed by atoms with Gasteiger partial charge in [-0.3, -0.25) is 4.79 Å². The highest BCUT2D eigenvalue weighted by atomic mass is 16.5. The summed E-state index contributed by atoms with van der Waals surface area (Å²) in [4.78, 5) is 12.7. The van der Waals surface area contributed by atoms with Crippen LogP contribution in [0.25, 0.3) is 0 Å². The van der Waals surface area contributed by atoms with Crippen LogP contribution in [0.5, 0.6) is 0 Å². The van der Waals surface area contributed by atoms with E-state index in [1.54, 1.807) is 7.11 Å². The third-order valence-electron chi connectivity index (χ3n) is 5.51. The Labute approximate surface area is 116 Å². The summed E-state index contributed by atoms with van der Waals surface area (Å²) in [6, 6.07) is 0.237. The van der Waals surface area contributed by atoms with E-state index in [0.29, 0.717) is 5.92 Å². The molecule has 4 heteroatoms. The molecule has 3 unspecified atom stereocenters. The van der Waals surface area contributed by atoms with Crippen LogP contribution in [0.4, 0.5) is 0 Å². The summed E-state index contributed by atoms with van der Waals surface area (Å²) in [5.74, 6) is 0.587. The molecule has 0 bridgehead atoms. The van der Waals surface area contributed by atoms with Crippen LogP contribution in [0.3, 0.4) is 0 Å². The number of hydrogen-bond donors (Lipinski definition) is 2. The number of rotatable bonds is 4. The summed E-state index contributed by atoms with van der Waals surface area (Å²) in [5.41, 5.74) is -0.192. The van der Waals surface area contributed by atoms with Crippen molar-refractivity contribution < 1.29 is 9.53 Å². The third kappa shape index (κ3) is 2.29. The van der Waals surface area contributed by atoms with Gasteiger partial charge in [0.15, 0.2) is 0 Å². The number of carbonyl (C=O) groups excluding carboxylic acids is 1. The lowest BCUT2D eigenvalue weighted by atomic mass is 9.64. The zero-order valence-electron chi connectivity index (χ0n) is 12.9. The first kappa shape index (κ1) is 14.8. The van der Waals surface area contributed by atoms with Crippen LogP contribution in [-0.2, 0) is 9.53 Å². The molecule has 0 aromatic carbocycles. The standard InChI is InChI=1S/C15H28N2O2/c1-10(2)15(6-7-16-9-15)13(18)17-11-8-12(19-5)14(11,3)4/h10-12,16H,6-9H2,1-5H3,(H,17,18). The maximum absolute atomic E-state index is 12.7. The van der Waals surface area contributed by atoms with E-state index in [0.717, 1.165) is 25.9 Å². The van der Waals surface area contributed by atoms with Crippen molar-refractivity contribution in [2.75, 3.05) is 20.2 Å². The molecular formula is C15H28N2O2. The summed E-state index contributed by atoms with van der Waals surface area (Å²) < 4.78 is 5.45. The first-order valence-electron chi connectivity index (χ1n) is 7.39. The lowest BCUT2D eigenvalue weighted by molar-refractivity contribution is -0.142. The second-order valence-corrected chi connectivity index (χ2v) is 7.05. The highest BCUT2D eigenvalue weighted by Gasteiger charge is 2.52. The second-order valence-electron chi connectivity index (χ2n) is 7.05. The third-order valence-corrected chi connectivity index (χ3v) is 5.51. The fourth-order valence-electron chi connectivity index (χ4n) is 3.49. The molecule has 0 radical (unpaired) electrons. The molecule has 1 amide bonds. The van der Waals surface area contributed by atoms with E-state index in [1.807, 2.05) is 0 Å². The number of hydrogen-bond acceptors (Lipinski definition) is 3. The Morgan fingerprint density at radius 1 is 1.42 bits per heavy atom. The van der Waals surface area contributed by atoms with Gasteiger partial charge in [-0.15, -0.1) is 0 Å². The minimum Gasteiger partial charge on any atom is -0.381 e. The highest BCUT2D eigenvalue weighted by Crippen LogP contribution is 2.43. The summed E-state index contributed by atoms with van der Waals surface area (Å²) in [6.45, 7) is 10.4. The molecule has 1 aliphatic carbocycles. The van der Waals surface area contributed by atoms with Gasteiger partial charge < -0.3 is 15.4 Å². The van der Waals surface area contributed by atoms with Crippen LogP contribution < -0.4 is 10.6 Å². The van der Waals surface area contributed by atoms with Gasteiger partial charge in [-0.25, -0.2) is 0 Å². The molecular weight excluding hydrogens is 240 g/mol. The largest absolute Gasteiger partial charge is 0.381 e. The summed E-state index contributed by atoms with van der Waals surface area (Å²) in [6.07, 6.45) is 2.13. The average molecular weight is 268 g/mol. The smallest absolute Gasteiger partial charge is 0.228 e. The summed E-state index contributed by atoms with van der Waals surface area (Å²) >= 11 is 0. The van der Waals surface area contributed by atoms with E-state index >= 15 is 0 Å². The number of amides is 1. The van der Waals surface area contributed by atoms with Gasteiger partial charge in [0, 0.05) is 25.1 Å². The minimum absolute atomic E-state index is 0.0363. The minimum atomic E-state index is -0.228.